The van der Waals surface area contributed by atoms with Crippen LogP contribution in [0.3, 0.4) is 0 Å². The van der Waals surface area contributed by atoms with Gasteiger partial charge in [0.25, 0.3) is 0 Å². The molecule has 0 saturated heterocycles. The lowest BCUT2D eigenvalue weighted by atomic mass is 10.1. The second-order valence-corrected chi connectivity index (χ2v) is 7.85. The highest BCUT2D eigenvalue weighted by Crippen LogP contribution is 2.04. The summed E-state index contributed by atoms with van der Waals surface area (Å²) in [5.74, 6) is -3.80. The van der Waals surface area contributed by atoms with Crippen molar-refractivity contribution in [3.8, 4) is 0 Å². The lowest BCUT2D eigenvalue weighted by Crippen LogP contribution is -2.57. The normalized spacial score (nSPS) is 14.9. The zero-order valence-corrected chi connectivity index (χ0v) is 19.9. The van der Waals surface area contributed by atoms with Crippen molar-refractivity contribution in [3.05, 3.63) is 0 Å². The summed E-state index contributed by atoms with van der Waals surface area (Å²) in [6.07, 6.45) is -0.465. The SMILES string of the molecule is CC(NC(=O)C(N)C(C)O)C(=O)NC(CCCN=C(N)N)C(=O)NC(CCCN=C(N)N)C(=O)O. The molecule has 35 heavy (non-hydrogen) atoms. The van der Waals surface area contributed by atoms with Gasteiger partial charge in [-0.15, -0.1) is 0 Å². The second-order valence-electron chi connectivity index (χ2n) is 7.85. The van der Waals surface area contributed by atoms with Crippen LogP contribution in [0.15, 0.2) is 9.98 Å². The summed E-state index contributed by atoms with van der Waals surface area (Å²) in [6.45, 7) is 3.02. The summed E-state index contributed by atoms with van der Waals surface area (Å²) in [7, 11) is 0. The average molecular weight is 503 g/mol. The summed E-state index contributed by atoms with van der Waals surface area (Å²) in [6, 6.07) is -4.76. The summed E-state index contributed by atoms with van der Waals surface area (Å²) in [5, 5.41) is 26.1. The number of guanidine groups is 2. The van der Waals surface area contributed by atoms with Crippen molar-refractivity contribution >= 4 is 35.6 Å². The van der Waals surface area contributed by atoms with Crippen LogP contribution in [0.5, 0.6) is 0 Å². The number of carboxylic acids is 1. The zero-order chi connectivity index (χ0) is 27.1. The summed E-state index contributed by atoms with van der Waals surface area (Å²) < 4.78 is 0. The van der Waals surface area contributed by atoms with Crippen LogP contribution in [0.1, 0.15) is 39.5 Å². The third-order valence-corrected chi connectivity index (χ3v) is 4.71. The van der Waals surface area contributed by atoms with E-state index in [0.717, 1.165) is 0 Å². The number of aliphatic hydroxyl groups excluding tert-OH is 1. The molecule has 0 heterocycles. The largest absolute Gasteiger partial charge is 0.480 e. The number of hydrogen-bond acceptors (Lipinski definition) is 8. The molecule has 0 radical (unpaired) electrons. The van der Waals surface area contributed by atoms with Crippen LogP contribution in [-0.2, 0) is 19.2 Å². The van der Waals surface area contributed by atoms with Crippen LogP contribution in [0.2, 0.25) is 0 Å². The Kier molecular flexibility index (Phi) is 14.4. The zero-order valence-electron chi connectivity index (χ0n) is 19.9. The Balaban J connectivity index is 5.29. The number of carbonyl (C=O) groups excluding carboxylic acids is 3. The fourth-order valence-electron chi connectivity index (χ4n) is 2.70. The first-order valence-electron chi connectivity index (χ1n) is 10.9. The molecule has 0 aromatic rings. The molecule has 0 aliphatic heterocycles. The Morgan fingerprint density at radius 1 is 0.771 bits per heavy atom. The van der Waals surface area contributed by atoms with Crippen molar-refractivity contribution in [1.29, 1.82) is 0 Å². The quantitative estimate of drug-likeness (QED) is 0.0543. The van der Waals surface area contributed by atoms with E-state index in [-0.39, 0.29) is 50.7 Å². The maximum absolute atomic E-state index is 12.8. The molecule has 0 aliphatic carbocycles. The standard InChI is InChI=1S/C19H38N10O6/c1-9(27-16(33)13(20)10(2)30)14(31)28-11(5-3-7-25-18(21)22)15(32)29-12(17(34)35)6-4-8-26-19(23)24/h9-13,30H,3-8,20H2,1-2H3,(H,27,33)(H,28,31)(H,29,32)(H,34,35)(H4,21,22,25)(H4,23,24,26). The van der Waals surface area contributed by atoms with Crippen LogP contribution in [-0.4, -0.2) is 89.2 Å². The van der Waals surface area contributed by atoms with Crippen LogP contribution < -0.4 is 44.6 Å². The minimum atomic E-state index is -1.28. The number of aliphatic hydroxyl groups is 1. The van der Waals surface area contributed by atoms with Crippen molar-refractivity contribution < 1.29 is 29.4 Å². The van der Waals surface area contributed by atoms with Crippen molar-refractivity contribution in [1.82, 2.24) is 16.0 Å². The van der Waals surface area contributed by atoms with Crippen LogP contribution in [0.25, 0.3) is 0 Å². The number of amides is 3. The number of rotatable bonds is 16. The predicted molar refractivity (Wildman–Crippen MR) is 129 cm³/mol. The van der Waals surface area contributed by atoms with Gasteiger partial charge >= 0.3 is 5.97 Å². The summed E-state index contributed by atoms with van der Waals surface area (Å²) in [5.41, 5.74) is 26.6. The first-order valence-corrected chi connectivity index (χ1v) is 10.9. The number of carboxylic acid groups (broad SMARTS) is 1. The maximum atomic E-state index is 12.8. The molecule has 0 aliphatic rings. The lowest BCUT2D eigenvalue weighted by molar-refractivity contribution is -0.142. The van der Waals surface area contributed by atoms with E-state index in [9.17, 15) is 29.4 Å². The Morgan fingerprint density at radius 3 is 1.66 bits per heavy atom. The second kappa shape index (κ2) is 16.0. The van der Waals surface area contributed by atoms with Gasteiger partial charge in [0.15, 0.2) is 11.9 Å². The van der Waals surface area contributed by atoms with Gasteiger partial charge in [-0.1, -0.05) is 0 Å². The van der Waals surface area contributed by atoms with Crippen molar-refractivity contribution in [3.63, 3.8) is 0 Å². The van der Waals surface area contributed by atoms with Gasteiger partial charge in [0.2, 0.25) is 17.7 Å². The average Bonchev–Trinajstić information content (AvgIpc) is 2.76. The Bertz CT molecular complexity index is 780. The molecular formula is C19H38N10O6. The molecule has 0 bridgehead atoms. The third kappa shape index (κ3) is 13.6. The van der Waals surface area contributed by atoms with E-state index in [1.807, 2.05) is 0 Å². The highest BCUT2D eigenvalue weighted by molar-refractivity contribution is 5.94. The topological polar surface area (TPSA) is 300 Å². The minimum absolute atomic E-state index is 0.0379. The number of carbonyl (C=O) groups is 4. The Labute approximate surface area is 203 Å². The first-order chi connectivity index (χ1) is 16.3. The molecule has 16 nitrogen and oxygen atoms in total. The number of nitrogens with two attached hydrogens (primary N) is 5. The van der Waals surface area contributed by atoms with E-state index in [4.69, 9.17) is 28.7 Å². The van der Waals surface area contributed by atoms with Crippen molar-refractivity contribution in [2.24, 2.45) is 38.7 Å². The van der Waals surface area contributed by atoms with E-state index >= 15 is 0 Å². The van der Waals surface area contributed by atoms with Gasteiger partial charge in [-0.3, -0.25) is 24.4 Å². The molecule has 3 amide bonds. The van der Waals surface area contributed by atoms with Gasteiger partial charge in [-0.2, -0.15) is 0 Å². The Hall–Kier alpha value is -3.66. The molecule has 0 rings (SSSR count). The van der Waals surface area contributed by atoms with E-state index in [1.165, 1.54) is 13.8 Å². The highest BCUT2D eigenvalue weighted by atomic mass is 16.4. The molecule has 0 fully saturated rings. The molecule has 15 N–H and O–H groups in total. The van der Waals surface area contributed by atoms with E-state index in [0.29, 0.717) is 0 Å². The fourth-order valence-corrected chi connectivity index (χ4v) is 2.70. The first kappa shape index (κ1) is 31.3. The fraction of sp³-hybridized carbons (Fsp3) is 0.684. The van der Waals surface area contributed by atoms with Gasteiger partial charge < -0.3 is 54.8 Å². The predicted octanol–water partition coefficient (Wildman–Crippen LogP) is -4.64. The number of aliphatic imine (C=N–C) groups is 2. The molecule has 0 aromatic heterocycles. The lowest BCUT2D eigenvalue weighted by Gasteiger charge is -2.24. The molecule has 5 atom stereocenters. The number of hydrogen-bond donors (Lipinski definition) is 10. The van der Waals surface area contributed by atoms with Gasteiger partial charge in [0.05, 0.1) is 6.10 Å². The summed E-state index contributed by atoms with van der Waals surface area (Å²) >= 11 is 0. The minimum Gasteiger partial charge on any atom is -0.480 e. The molecule has 5 unspecified atom stereocenters. The van der Waals surface area contributed by atoms with Gasteiger partial charge in [-0.25, -0.2) is 4.79 Å². The van der Waals surface area contributed by atoms with E-state index in [1.54, 1.807) is 0 Å². The smallest absolute Gasteiger partial charge is 0.326 e. The molecule has 0 spiro atoms. The molecule has 0 aromatic carbocycles. The summed E-state index contributed by atoms with van der Waals surface area (Å²) in [4.78, 5) is 56.6. The molecule has 0 saturated carbocycles. The molecule has 200 valence electrons. The van der Waals surface area contributed by atoms with Crippen LogP contribution in [0, 0.1) is 0 Å². The molecular weight excluding hydrogens is 464 g/mol. The van der Waals surface area contributed by atoms with Gasteiger partial charge in [-0.05, 0) is 39.5 Å². The number of aliphatic carboxylic acids is 1. The highest BCUT2D eigenvalue weighted by Gasteiger charge is 2.29. The van der Waals surface area contributed by atoms with E-state index in [2.05, 4.69) is 25.9 Å². The maximum Gasteiger partial charge on any atom is 0.326 e. The van der Waals surface area contributed by atoms with Crippen LogP contribution in [0.4, 0.5) is 0 Å². The van der Waals surface area contributed by atoms with Crippen molar-refractivity contribution in [2.45, 2.75) is 69.8 Å². The third-order valence-electron chi connectivity index (χ3n) is 4.71. The van der Waals surface area contributed by atoms with Gasteiger partial charge in [0.1, 0.15) is 24.2 Å². The van der Waals surface area contributed by atoms with E-state index < -0.39 is 54.0 Å². The van der Waals surface area contributed by atoms with Crippen molar-refractivity contribution in [2.75, 3.05) is 13.1 Å². The Morgan fingerprint density at radius 2 is 1.23 bits per heavy atom. The van der Waals surface area contributed by atoms with Gasteiger partial charge in [0, 0.05) is 13.1 Å². The number of nitrogens with zero attached hydrogens (tertiary/aromatic N) is 2. The van der Waals surface area contributed by atoms with Crippen LogP contribution >= 0.6 is 0 Å². The monoisotopic (exact) mass is 502 g/mol. The number of nitrogens with one attached hydrogen (secondary N) is 3. The molecule has 16 heteroatoms.